The molecule has 0 spiro atoms. The van der Waals surface area contributed by atoms with Crippen molar-refractivity contribution in [3.8, 4) is 0 Å². The van der Waals surface area contributed by atoms with Gasteiger partial charge in [-0.1, -0.05) is 31.4 Å². The molecule has 0 amide bonds. The number of nitrogens with zero attached hydrogens (tertiary/aromatic N) is 1. The molecule has 1 aromatic rings. The quantitative estimate of drug-likeness (QED) is 0.445. The fourth-order valence-corrected chi connectivity index (χ4v) is 3.92. The van der Waals surface area contributed by atoms with Crippen LogP contribution >= 0.6 is 0 Å². The number of nitrogens with one attached hydrogen (secondary N) is 1. The maximum absolute atomic E-state index is 12.2. The van der Waals surface area contributed by atoms with Crippen molar-refractivity contribution < 1.29 is 18.1 Å². The van der Waals surface area contributed by atoms with Crippen LogP contribution in [0, 0.1) is 10.1 Å². The number of ether oxygens (including phenoxy) is 1. The number of benzene rings is 1. The number of para-hydroxylation sites is 1. The zero-order valence-corrected chi connectivity index (χ0v) is 13.8. The molecule has 1 aliphatic carbocycles. The van der Waals surface area contributed by atoms with Crippen molar-refractivity contribution in [3.05, 3.63) is 34.4 Å². The molecule has 23 heavy (non-hydrogen) atoms. The molecule has 128 valence electrons. The van der Waals surface area contributed by atoms with Gasteiger partial charge >= 0.3 is 0 Å². The van der Waals surface area contributed by atoms with E-state index in [9.17, 15) is 18.5 Å². The van der Waals surface area contributed by atoms with Crippen LogP contribution in [0.5, 0.6) is 0 Å². The van der Waals surface area contributed by atoms with E-state index in [1.54, 1.807) is 0 Å². The van der Waals surface area contributed by atoms with Gasteiger partial charge in [-0.3, -0.25) is 10.1 Å². The van der Waals surface area contributed by atoms with Gasteiger partial charge in [0.15, 0.2) is 4.90 Å². The van der Waals surface area contributed by atoms with Crippen molar-refractivity contribution in [2.45, 2.75) is 49.5 Å². The third-order valence-electron chi connectivity index (χ3n) is 3.87. The topological polar surface area (TPSA) is 98.5 Å². The maximum atomic E-state index is 12.2. The van der Waals surface area contributed by atoms with Crippen LogP contribution in [0.3, 0.4) is 0 Å². The second kappa shape index (κ2) is 8.37. The lowest BCUT2D eigenvalue weighted by molar-refractivity contribution is -0.387. The van der Waals surface area contributed by atoms with Gasteiger partial charge in [0.2, 0.25) is 10.0 Å². The Labute approximate surface area is 136 Å². The molecule has 0 unspecified atom stereocenters. The van der Waals surface area contributed by atoms with Gasteiger partial charge < -0.3 is 4.74 Å². The van der Waals surface area contributed by atoms with Crippen molar-refractivity contribution in [2.24, 2.45) is 0 Å². The summed E-state index contributed by atoms with van der Waals surface area (Å²) in [5.74, 6) is 0. The summed E-state index contributed by atoms with van der Waals surface area (Å²) in [6, 6.07) is 5.32. The van der Waals surface area contributed by atoms with Gasteiger partial charge in [-0.05, 0) is 25.3 Å². The first-order valence-electron chi connectivity index (χ1n) is 7.85. The smallest absolute Gasteiger partial charge is 0.289 e. The number of nitro benzene ring substituents is 1. The van der Waals surface area contributed by atoms with E-state index in [1.165, 1.54) is 43.5 Å². The first kappa shape index (κ1) is 17.8. The molecular weight excluding hydrogens is 320 g/mol. The molecule has 0 aromatic heterocycles. The zero-order chi connectivity index (χ0) is 16.7. The Hall–Kier alpha value is -1.51. The van der Waals surface area contributed by atoms with Gasteiger partial charge in [0.25, 0.3) is 5.69 Å². The summed E-state index contributed by atoms with van der Waals surface area (Å²) in [6.07, 6.45) is 6.61. The van der Waals surface area contributed by atoms with Crippen LogP contribution in [0.4, 0.5) is 5.69 Å². The molecule has 1 N–H and O–H groups in total. The highest BCUT2D eigenvalue weighted by atomic mass is 32.2. The number of sulfonamides is 1. The van der Waals surface area contributed by atoms with E-state index in [-0.39, 0.29) is 17.5 Å². The van der Waals surface area contributed by atoms with Crippen LogP contribution in [0.15, 0.2) is 29.2 Å². The Balaban J connectivity index is 1.81. The molecule has 1 saturated carbocycles. The highest BCUT2D eigenvalue weighted by Gasteiger charge is 2.24. The summed E-state index contributed by atoms with van der Waals surface area (Å²) < 4.78 is 32.5. The molecule has 0 atom stereocenters. The minimum absolute atomic E-state index is 0.196. The van der Waals surface area contributed by atoms with Gasteiger partial charge in [-0.15, -0.1) is 0 Å². The minimum atomic E-state index is -3.89. The Morgan fingerprint density at radius 3 is 2.61 bits per heavy atom. The van der Waals surface area contributed by atoms with E-state index in [1.807, 2.05) is 0 Å². The predicted octanol–water partition coefficient (Wildman–Crippen LogP) is 2.61. The molecule has 0 saturated heterocycles. The third-order valence-corrected chi connectivity index (χ3v) is 5.38. The Morgan fingerprint density at radius 2 is 1.91 bits per heavy atom. The molecule has 2 rings (SSSR count). The Kier molecular flexibility index (Phi) is 6.49. The molecule has 0 heterocycles. The SMILES string of the molecule is O=[N+]([O-])c1ccccc1S(=O)(=O)NCCCOC1CCCCC1. The monoisotopic (exact) mass is 342 g/mol. The van der Waals surface area contributed by atoms with Gasteiger partial charge in [0, 0.05) is 19.2 Å². The van der Waals surface area contributed by atoms with Crippen LogP contribution in [0.2, 0.25) is 0 Å². The van der Waals surface area contributed by atoms with Crippen molar-refractivity contribution >= 4 is 15.7 Å². The average Bonchev–Trinajstić information content (AvgIpc) is 2.55. The number of hydrogen-bond acceptors (Lipinski definition) is 5. The minimum Gasteiger partial charge on any atom is -0.378 e. The molecular formula is C15H22N2O5S. The van der Waals surface area contributed by atoms with Crippen molar-refractivity contribution in [1.29, 1.82) is 0 Å². The Morgan fingerprint density at radius 1 is 1.22 bits per heavy atom. The average molecular weight is 342 g/mol. The number of nitro groups is 1. The van der Waals surface area contributed by atoms with Crippen LogP contribution in [-0.4, -0.2) is 32.6 Å². The maximum Gasteiger partial charge on any atom is 0.289 e. The molecule has 1 fully saturated rings. The summed E-state index contributed by atoms with van der Waals surface area (Å²) >= 11 is 0. The van der Waals surface area contributed by atoms with E-state index in [0.29, 0.717) is 13.0 Å². The second-order valence-corrected chi connectivity index (χ2v) is 7.34. The largest absolute Gasteiger partial charge is 0.378 e. The van der Waals surface area contributed by atoms with Crippen LogP contribution < -0.4 is 4.72 Å². The standard InChI is InChI=1S/C15H22N2O5S/c18-17(19)14-9-4-5-10-15(14)23(20,21)16-11-6-12-22-13-7-2-1-3-8-13/h4-5,9-10,13,16H,1-3,6-8,11-12H2. The first-order valence-corrected chi connectivity index (χ1v) is 9.34. The van der Waals surface area contributed by atoms with Crippen molar-refractivity contribution in [1.82, 2.24) is 4.72 Å². The van der Waals surface area contributed by atoms with Crippen LogP contribution in [0.25, 0.3) is 0 Å². The lowest BCUT2D eigenvalue weighted by Gasteiger charge is -2.21. The second-order valence-electron chi connectivity index (χ2n) is 5.61. The van der Waals surface area contributed by atoms with E-state index >= 15 is 0 Å². The van der Waals surface area contributed by atoms with Gasteiger partial charge in [-0.25, -0.2) is 13.1 Å². The molecule has 8 heteroatoms. The van der Waals surface area contributed by atoms with Gasteiger partial charge in [0.05, 0.1) is 11.0 Å². The van der Waals surface area contributed by atoms with E-state index in [0.717, 1.165) is 12.8 Å². The zero-order valence-electron chi connectivity index (χ0n) is 12.9. The first-order chi connectivity index (χ1) is 11.0. The summed E-state index contributed by atoms with van der Waals surface area (Å²) in [5.41, 5.74) is -0.418. The van der Waals surface area contributed by atoms with E-state index in [4.69, 9.17) is 4.74 Å². The van der Waals surface area contributed by atoms with Crippen molar-refractivity contribution in [3.63, 3.8) is 0 Å². The Bertz CT molecular complexity index is 627. The fraction of sp³-hybridized carbons (Fsp3) is 0.600. The fourth-order valence-electron chi connectivity index (χ4n) is 2.67. The summed E-state index contributed by atoms with van der Waals surface area (Å²) in [6.45, 7) is 0.686. The molecule has 1 aliphatic rings. The summed E-state index contributed by atoms with van der Waals surface area (Å²) in [4.78, 5) is 9.91. The van der Waals surface area contributed by atoms with E-state index < -0.39 is 20.6 Å². The molecule has 0 bridgehead atoms. The highest BCUT2D eigenvalue weighted by Crippen LogP contribution is 2.23. The normalized spacial score (nSPS) is 16.3. The molecule has 7 nitrogen and oxygen atoms in total. The van der Waals surface area contributed by atoms with Gasteiger partial charge in [0.1, 0.15) is 0 Å². The number of rotatable bonds is 8. The van der Waals surface area contributed by atoms with Crippen LogP contribution in [0.1, 0.15) is 38.5 Å². The number of hydrogen-bond donors (Lipinski definition) is 1. The van der Waals surface area contributed by atoms with Gasteiger partial charge in [-0.2, -0.15) is 0 Å². The summed E-state index contributed by atoms with van der Waals surface area (Å²) in [5, 5.41) is 10.9. The molecule has 1 aromatic carbocycles. The predicted molar refractivity (Wildman–Crippen MR) is 85.7 cm³/mol. The highest BCUT2D eigenvalue weighted by molar-refractivity contribution is 7.89. The lowest BCUT2D eigenvalue weighted by atomic mass is 9.98. The van der Waals surface area contributed by atoms with E-state index in [2.05, 4.69) is 4.72 Å². The van der Waals surface area contributed by atoms with Crippen molar-refractivity contribution in [2.75, 3.05) is 13.2 Å². The summed E-state index contributed by atoms with van der Waals surface area (Å²) in [7, 11) is -3.89. The third kappa shape index (κ3) is 5.26. The lowest BCUT2D eigenvalue weighted by Crippen LogP contribution is -2.27. The molecule has 0 aliphatic heterocycles. The van der Waals surface area contributed by atoms with Crippen LogP contribution in [-0.2, 0) is 14.8 Å². The molecule has 0 radical (unpaired) electrons.